The Morgan fingerprint density at radius 1 is 0.353 bits per heavy atom. The van der Waals surface area contributed by atoms with Crippen molar-refractivity contribution in [2.45, 2.75) is 202 Å². The number of nitrogens with two attached hydrogens (primary N) is 2. The topological polar surface area (TPSA) is 119 Å². The fraction of sp³-hybridized carbons (Fsp3) is 1.00. The molecule has 0 aromatic rings. The largest absolute Gasteiger partial charge is 0.437 e. The maximum Gasteiger partial charge on any atom is 0.315 e. The van der Waals surface area contributed by atoms with Crippen LogP contribution in [0.4, 0.5) is 0 Å². The van der Waals surface area contributed by atoms with E-state index < -0.39 is 67.5 Å². The molecule has 17 heteroatoms. The molecule has 0 aliphatic rings. The number of nitrogens with one attached hydrogen (secondary N) is 1. The molecule has 2 unspecified atom stereocenters. The lowest BCUT2D eigenvalue weighted by molar-refractivity contribution is 0.320. The first-order chi connectivity index (χ1) is 18.9. The number of rotatable bonds is 21. The van der Waals surface area contributed by atoms with Gasteiger partial charge in [0.05, 0.1) is 0 Å². The van der Waals surface area contributed by atoms with Gasteiger partial charge < -0.3 is 41.5 Å². The van der Waals surface area contributed by atoms with E-state index in [2.05, 4.69) is 123 Å². The van der Waals surface area contributed by atoms with E-state index in [9.17, 15) is 0 Å². The Morgan fingerprint density at radius 3 is 0.863 bits per heavy atom. The van der Waals surface area contributed by atoms with E-state index >= 15 is 0 Å². The molecule has 0 heterocycles. The smallest absolute Gasteiger partial charge is 0.315 e. The van der Waals surface area contributed by atoms with Gasteiger partial charge in [0.1, 0.15) is 0 Å². The summed E-state index contributed by atoms with van der Waals surface area (Å²) in [5.41, 5.74) is 11.2. The average molecular weight is 879 g/mol. The molecular formula is C34H107N3O6Si8. The second-order valence-electron chi connectivity index (χ2n) is 16.7. The lowest BCUT2D eigenvalue weighted by Crippen LogP contribution is -2.57. The van der Waals surface area contributed by atoms with Crippen LogP contribution in [0.25, 0.3) is 0 Å². The van der Waals surface area contributed by atoms with Crippen molar-refractivity contribution in [2.75, 3.05) is 26.2 Å². The Hall–Kier alpha value is 1.38. The summed E-state index contributed by atoms with van der Waals surface area (Å²) >= 11 is 0. The highest BCUT2D eigenvalue weighted by atomic mass is 28.5. The predicted octanol–water partition coefficient (Wildman–Crippen LogP) is 12.3. The van der Waals surface area contributed by atoms with Crippen molar-refractivity contribution in [1.82, 2.24) is 5.32 Å². The summed E-state index contributed by atoms with van der Waals surface area (Å²) < 4.78 is 38.8. The highest BCUT2D eigenvalue weighted by Crippen LogP contribution is 2.29. The molecule has 0 aromatic carbocycles. The maximum absolute atomic E-state index is 6.63. The highest BCUT2D eigenvalue weighted by Gasteiger charge is 2.45. The quantitative estimate of drug-likeness (QED) is 0.0765. The van der Waals surface area contributed by atoms with Crippen LogP contribution < -0.4 is 16.8 Å². The third-order valence-electron chi connectivity index (χ3n) is 5.21. The second-order valence-corrected chi connectivity index (χ2v) is 49.6. The minimum atomic E-state index is -2.23. The van der Waals surface area contributed by atoms with Crippen molar-refractivity contribution in [3.63, 3.8) is 0 Å². The molecular weight excluding hydrogens is 771 g/mol. The molecule has 0 saturated heterocycles. The zero-order chi connectivity index (χ0) is 34.6. The summed E-state index contributed by atoms with van der Waals surface area (Å²) in [4.78, 5) is 0. The Bertz CT molecular complexity index is 779. The van der Waals surface area contributed by atoms with Gasteiger partial charge in [-0.05, 0) is 156 Å². The van der Waals surface area contributed by atoms with Gasteiger partial charge in [0, 0.05) is 13.1 Å². The molecule has 0 saturated carbocycles. The zero-order valence-electron chi connectivity index (χ0n) is 31.8. The summed E-state index contributed by atoms with van der Waals surface area (Å²) in [6, 6.07) is 1.96. The van der Waals surface area contributed by atoms with Crippen LogP contribution in [-0.4, -0.2) is 93.7 Å². The molecule has 2 atom stereocenters. The van der Waals surface area contributed by atoms with E-state index in [-0.39, 0.29) is 59.4 Å². The van der Waals surface area contributed by atoms with Crippen molar-refractivity contribution >= 4 is 67.5 Å². The fourth-order valence-corrected chi connectivity index (χ4v) is 41.2. The summed E-state index contributed by atoms with van der Waals surface area (Å²) in [5.74, 6) is 0. The molecule has 0 aromatic heterocycles. The normalized spacial score (nSPS) is 14.1. The first kappa shape index (κ1) is 77.0. The maximum atomic E-state index is 6.63. The van der Waals surface area contributed by atoms with Gasteiger partial charge in [-0.25, -0.2) is 0 Å². The molecule has 0 bridgehead atoms. The SMILES string of the molecule is C.C.C.C.C.C.C.C.C[Si](C)(C)O[Si](C)(C)O[Si](C)(CCCN)O[Si](C)(C)C.C[Si](C)(C)O[Si](C)(C)O[Si](C)(CCCNCCN)O[Si](C)(C)C. The van der Waals surface area contributed by atoms with Gasteiger partial charge in [-0.1, -0.05) is 59.4 Å². The van der Waals surface area contributed by atoms with Crippen LogP contribution in [0.3, 0.4) is 0 Å². The molecule has 5 N–H and O–H groups in total. The minimum absolute atomic E-state index is 0. The molecule has 0 radical (unpaired) electrons. The van der Waals surface area contributed by atoms with Crippen LogP contribution in [0.15, 0.2) is 0 Å². The fourth-order valence-electron chi connectivity index (χ4n) is 5.28. The molecule has 0 aliphatic carbocycles. The predicted molar refractivity (Wildman–Crippen MR) is 262 cm³/mol. The first-order valence-electron chi connectivity index (χ1n) is 16.2. The molecule has 0 aliphatic heterocycles. The van der Waals surface area contributed by atoms with Crippen LogP contribution in [0, 0.1) is 0 Å². The van der Waals surface area contributed by atoms with Crippen molar-refractivity contribution in [3.8, 4) is 0 Å². The Labute approximate surface area is 335 Å². The molecule has 9 nitrogen and oxygen atoms in total. The van der Waals surface area contributed by atoms with E-state index in [1.54, 1.807) is 0 Å². The van der Waals surface area contributed by atoms with Crippen molar-refractivity contribution in [3.05, 3.63) is 0 Å². The second kappa shape index (κ2) is 31.5. The van der Waals surface area contributed by atoms with Crippen LogP contribution in [0.1, 0.15) is 72.3 Å². The van der Waals surface area contributed by atoms with Gasteiger partial charge >= 0.3 is 34.2 Å². The molecule has 0 fully saturated rings. The van der Waals surface area contributed by atoms with E-state index in [1.165, 1.54) is 0 Å². The summed E-state index contributed by atoms with van der Waals surface area (Å²) in [5, 5.41) is 3.36. The van der Waals surface area contributed by atoms with E-state index in [0.717, 1.165) is 38.0 Å². The molecule has 0 rings (SSSR count). The van der Waals surface area contributed by atoms with Gasteiger partial charge in [-0.3, -0.25) is 0 Å². The third kappa shape index (κ3) is 49.4. The van der Waals surface area contributed by atoms with Crippen LogP contribution in [0.2, 0.25) is 130 Å². The van der Waals surface area contributed by atoms with Gasteiger partial charge in [0.25, 0.3) is 0 Å². The van der Waals surface area contributed by atoms with Crippen molar-refractivity contribution in [2.24, 2.45) is 11.5 Å². The van der Waals surface area contributed by atoms with Gasteiger partial charge in [0.15, 0.2) is 33.3 Å². The standard InChI is InChI=1S/C14H40N2O3Si4.C12H35NO3Si4.8CH4/c1-20(2,3)17-22(7,8)19-23(9,18-21(4,5)6)14-10-12-16-13-11-15;1-17(2,3)14-19(7,8)16-20(9,12-10-11-13)15-18(4,5)6;;;;;;;;/h16H,10-15H2,1-9H3;10-13H2,1-9H3;8*1H4. The molecule has 0 spiro atoms. The van der Waals surface area contributed by atoms with Crippen LogP contribution in [0.5, 0.6) is 0 Å². The lowest BCUT2D eigenvalue weighted by atomic mass is 10.5. The van der Waals surface area contributed by atoms with Gasteiger partial charge in [0.2, 0.25) is 0 Å². The number of hydrogen-bond acceptors (Lipinski definition) is 9. The van der Waals surface area contributed by atoms with Crippen molar-refractivity contribution in [1.29, 1.82) is 0 Å². The lowest BCUT2D eigenvalue weighted by Gasteiger charge is -2.41. The van der Waals surface area contributed by atoms with E-state index in [1.807, 2.05) is 0 Å². The minimum Gasteiger partial charge on any atom is -0.437 e. The molecule has 326 valence electrons. The molecule has 0 amide bonds. The number of hydrogen-bond donors (Lipinski definition) is 3. The summed E-state index contributed by atoms with van der Waals surface area (Å²) in [7, 11) is -15.2. The summed E-state index contributed by atoms with van der Waals surface area (Å²) in [6.07, 6.45) is 2.02. The van der Waals surface area contributed by atoms with Gasteiger partial charge in [-0.2, -0.15) is 0 Å². The Kier molecular flexibility index (Phi) is 47.5. The molecule has 51 heavy (non-hydrogen) atoms. The summed E-state index contributed by atoms with van der Waals surface area (Å²) in [6.45, 7) is 42.9. The van der Waals surface area contributed by atoms with Crippen LogP contribution in [-0.2, 0) is 24.7 Å². The Morgan fingerprint density at radius 2 is 0.627 bits per heavy atom. The zero-order valence-corrected chi connectivity index (χ0v) is 39.8. The van der Waals surface area contributed by atoms with E-state index in [0.29, 0.717) is 13.1 Å². The first-order valence-corrected chi connectivity index (χ1v) is 40.5. The Balaban J connectivity index is -0.0000000717. The van der Waals surface area contributed by atoms with Crippen LogP contribution >= 0.6 is 0 Å². The third-order valence-corrected chi connectivity index (χ3v) is 32.3. The van der Waals surface area contributed by atoms with Crippen molar-refractivity contribution < 1.29 is 24.7 Å². The monoisotopic (exact) mass is 878 g/mol. The highest BCUT2D eigenvalue weighted by molar-refractivity contribution is 6.90. The van der Waals surface area contributed by atoms with Gasteiger partial charge in [-0.15, -0.1) is 0 Å². The van der Waals surface area contributed by atoms with E-state index in [4.69, 9.17) is 36.2 Å². The average Bonchev–Trinajstić information content (AvgIpc) is 2.64.